The minimum Gasteiger partial charge on any atom is -0.478 e. The predicted octanol–water partition coefficient (Wildman–Crippen LogP) is 2.40. The van der Waals surface area contributed by atoms with Crippen LogP contribution < -0.4 is 15.8 Å². The van der Waals surface area contributed by atoms with Crippen LogP contribution in [0.3, 0.4) is 0 Å². The van der Waals surface area contributed by atoms with Crippen molar-refractivity contribution in [3.63, 3.8) is 0 Å². The summed E-state index contributed by atoms with van der Waals surface area (Å²) in [7, 11) is 0. The fraction of sp³-hybridized carbons (Fsp3) is 0.333. The molecule has 3 N–H and O–H groups in total. The van der Waals surface area contributed by atoms with Gasteiger partial charge in [-0.1, -0.05) is 42.5 Å². The Labute approximate surface area is 170 Å². The minimum absolute atomic E-state index is 0. The average molecular weight is 402 g/mol. The van der Waals surface area contributed by atoms with E-state index in [-0.39, 0.29) is 42.5 Å². The average Bonchev–Trinajstić information content (AvgIpc) is 3.14. The Balaban J connectivity index is 0.00000225. The molecule has 0 radical (unpaired) electrons. The van der Waals surface area contributed by atoms with Gasteiger partial charge in [-0.05, 0) is 30.2 Å². The van der Waals surface area contributed by atoms with Crippen LogP contribution in [0.5, 0.6) is 5.75 Å². The third-order valence-electron chi connectivity index (χ3n) is 5.39. The van der Waals surface area contributed by atoms with Crippen molar-refractivity contribution in [2.45, 2.75) is 18.4 Å². The van der Waals surface area contributed by atoms with E-state index in [9.17, 15) is 9.59 Å². The van der Waals surface area contributed by atoms with Gasteiger partial charge in [-0.2, -0.15) is 0 Å². The number of nitrogens with zero attached hydrogens (tertiary/aromatic N) is 1. The molecule has 2 aromatic rings. The van der Waals surface area contributed by atoms with Crippen molar-refractivity contribution in [1.82, 2.24) is 4.90 Å². The fourth-order valence-corrected chi connectivity index (χ4v) is 3.91. The molecule has 2 aromatic carbocycles. The van der Waals surface area contributed by atoms with Gasteiger partial charge in [0, 0.05) is 19.0 Å². The van der Waals surface area contributed by atoms with Crippen LogP contribution in [-0.2, 0) is 9.59 Å². The van der Waals surface area contributed by atoms with Crippen LogP contribution in [0.15, 0.2) is 54.6 Å². The number of hydrogen-bond donors (Lipinski definition) is 2. The van der Waals surface area contributed by atoms with E-state index < -0.39 is 6.10 Å². The van der Waals surface area contributed by atoms with Crippen LogP contribution in [0.25, 0.3) is 0 Å². The van der Waals surface area contributed by atoms with Crippen LogP contribution >= 0.6 is 12.4 Å². The number of carbonyl (C=O) groups is 2. The summed E-state index contributed by atoms with van der Waals surface area (Å²) in [4.78, 5) is 26.9. The maximum Gasteiger partial charge on any atom is 0.266 e. The van der Waals surface area contributed by atoms with E-state index in [2.05, 4.69) is 17.4 Å². The molecule has 0 aliphatic carbocycles. The van der Waals surface area contributed by atoms with Crippen LogP contribution in [-0.4, -0.2) is 42.5 Å². The zero-order chi connectivity index (χ0) is 18.8. The molecule has 1 unspecified atom stereocenters. The number of hydrogen-bond acceptors (Lipinski definition) is 4. The number of likely N-dealkylation sites (tertiary alicyclic amines) is 1. The molecule has 0 bridgehead atoms. The molecule has 0 saturated carbocycles. The van der Waals surface area contributed by atoms with E-state index in [1.807, 2.05) is 35.2 Å². The molecule has 2 aliphatic heterocycles. The van der Waals surface area contributed by atoms with Gasteiger partial charge in [0.15, 0.2) is 6.10 Å². The van der Waals surface area contributed by atoms with Gasteiger partial charge in [0.25, 0.3) is 5.91 Å². The van der Waals surface area contributed by atoms with Gasteiger partial charge in [-0.25, -0.2) is 0 Å². The Morgan fingerprint density at radius 1 is 1.11 bits per heavy atom. The minimum atomic E-state index is -0.806. The van der Waals surface area contributed by atoms with Crippen molar-refractivity contribution >= 4 is 29.9 Å². The first-order valence-corrected chi connectivity index (χ1v) is 9.25. The second kappa shape index (κ2) is 8.63. The molecule has 1 fully saturated rings. The number of anilines is 1. The molecule has 2 heterocycles. The van der Waals surface area contributed by atoms with Gasteiger partial charge in [0.2, 0.25) is 5.91 Å². The summed E-state index contributed by atoms with van der Waals surface area (Å²) < 4.78 is 5.75. The van der Waals surface area contributed by atoms with Gasteiger partial charge in [-0.3, -0.25) is 9.59 Å². The number of amides is 2. The largest absolute Gasteiger partial charge is 0.478 e. The number of carbonyl (C=O) groups excluding carboxylic acids is 2. The van der Waals surface area contributed by atoms with Crippen LogP contribution in [0.2, 0.25) is 0 Å². The fourth-order valence-electron chi connectivity index (χ4n) is 3.91. The summed E-state index contributed by atoms with van der Waals surface area (Å²) in [5.74, 6) is 0.682. The first kappa shape index (κ1) is 20.2. The highest BCUT2D eigenvalue weighted by molar-refractivity contribution is 6.00. The van der Waals surface area contributed by atoms with Crippen LogP contribution in [0.4, 0.5) is 5.69 Å². The van der Waals surface area contributed by atoms with E-state index in [1.165, 1.54) is 5.56 Å². The Hall–Kier alpha value is -2.57. The monoisotopic (exact) mass is 401 g/mol. The number of halogens is 1. The third kappa shape index (κ3) is 3.98. The lowest BCUT2D eigenvalue weighted by Crippen LogP contribution is -2.42. The van der Waals surface area contributed by atoms with E-state index >= 15 is 0 Å². The topological polar surface area (TPSA) is 84.7 Å². The maximum atomic E-state index is 12.8. The lowest BCUT2D eigenvalue weighted by molar-refractivity contribution is -0.136. The molecular formula is C21H24ClN3O3. The molecule has 1 saturated heterocycles. The van der Waals surface area contributed by atoms with Gasteiger partial charge in [-0.15, -0.1) is 12.4 Å². The number of rotatable bonds is 4. The second-order valence-electron chi connectivity index (χ2n) is 7.11. The van der Waals surface area contributed by atoms with Crippen LogP contribution in [0, 0.1) is 5.92 Å². The molecule has 7 heteroatoms. The molecule has 2 amide bonds. The maximum absolute atomic E-state index is 12.8. The first-order valence-electron chi connectivity index (χ1n) is 9.25. The lowest BCUT2D eigenvalue weighted by Gasteiger charge is -2.27. The Morgan fingerprint density at radius 3 is 2.57 bits per heavy atom. The summed E-state index contributed by atoms with van der Waals surface area (Å²) in [5.41, 5.74) is 7.79. The third-order valence-corrected chi connectivity index (χ3v) is 5.39. The molecule has 6 nitrogen and oxygen atoms in total. The number of nitrogens with two attached hydrogens (primary N) is 1. The van der Waals surface area contributed by atoms with Gasteiger partial charge < -0.3 is 20.7 Å². The summed E-state index contributed by atoms with van der Waals surface area (Å²) in [6.45, 7) is 1.76. The number of benzene rings is 2. The first-order chi connectivity index (χ1) is 13.2. The molecule has 0 spiro atoms. The standard InChI is InChI=1S/C21H23N3O3.ClH/c22-11-15-12-24(13-16(15)14-6-2-1-3-7-14)20(25)10-19-21(26)23-17-8-4-5-9-18(17)27-19;/h1-9,15-16,19H,10-13,22H2,(H,23,26);1H/t15-,16+,19?;/m1./s1. The molecule has 148 valence electrons. The molecular weight excluding hydrogens is 378 g/mol. The van der Waals surface area contributed by atoms with E-state index in [4.69, 9.17) is 10.5 Å². The highest BCUT2D eigenvalue weighted by Crippen LogP contribution is 2.33. The quantitative estimate of drug-likeness (QED) is 0.823. The summed E-state index contributed by atoms with van der Waals surface area (Å²) in [6.07, 6.45) is -0.779. The summed E-state index contributed by atoms with van der Waals surface area (Å²) in [6, 6.07) is 17.4. The lowest BCUT2D eigenvalue weighted by atomic mass is 9.89. The van der Waals surface area contributed by atoms with Gasteiger partial charge >= 0.3 is 0 Å². The number of para-hydroxylation sites is 2. The molecule has 28 heavy (non-hydrogen) atoms. The van der Waals surface area contributed by atoms with Crippen molar-refractivity contribution < 1.29 is 14.3 Å². The smallest absolute Gasteiger partial charge is 0.266 e. The highest BCUT2D eigenvalue weighted by atomic mass is 35.5. The highest BCUT2D eigenvalue weighted by Gasteiger charge is 2.37. The van der Waals surface area contributed by atoms with E-state index in [0.717, 1.165) is 0 Å². The number of ether oxygens (including phenoxy) is 1. The normalized spacial score (nSPS) is 23.2. The zero-order valence-electron chi connectivity index (χ0n) is 15.4. The summed E-state index contributed by atoms with van der Waals surface area (Å²) in [5, 5.41) is 2.81. The number of nitrogens with one attached hydrogen (secondary N) is 1. The number of fused-ring (bicyclic) bond motifs is 1. The molecule has 2 aliphatic rings. The van der Waals surface area contributed by atoms with E-state index in [0.29, 0.717) is 31.1 Å². The summed E-state index contributed by atoms with van der Waals surface area (Å²) >= 11 is 0. The molecule has 3 atom stereocenters. The Bertz CT molecular complexity index is 846. The second-order valence-corrected chi connectivity index (χ2v) is 7.11. The SMILES string of the molecule is Cl.NC[C@@H]1CN(C(=O)CC2Oc3ccccc3NC2=O)C[C@H]1c1ccccc1. The Morgan fingerprint density at radius 2 is 1.82 bits per heavy atom. The van der Waals surface area contributed by atoms with Crippen molar-refractivity contribution in [2.75, 3.05) is 25.0 Å². The van der Waals surface area contributed by atoms with Crippen molar-refractivity contribution in [3.05, 3.63) is 60.2 Å². The molecule has 4 rings (SSSR count). The Kier molecular flexibility index (Phi) is 6.21. The van der Waals surface area contributed by atoms with Gasteiger partial charge in [0.05, 0.1) is 12.1 Å². The predicted molar refractivity (Wildman–Crippen MR) is 110 cm³/mol. The zero-order valence-corrected chi connectivity index (χ0v) is 16.2. The molecule has 0 aromatic heterocycles. The van der Waals surface area contributed by atoms with E-state index in [1.54, 1.807) is 12.1 Å². The van der Waals surface area contributed by atoms with Gasteiger partial charge in [0.1, 0.15) is 5.75 Å². The van der Waals surface area contributed by atoms with Crippen LogP contribution in [0.1, 0.15) is 17.9 Å². The van der Waals surface area contributed by atoms with Crippen molar-refractivity contribution in [1.29, 1.82) is 0 Å². The van der Waals surface area contributed by atoms with Crippen molar-refractivity contribution in [2.24, 2.45) is 11.7 Å². The van der Waals surface area contributed by atoms with Crippen molar-refractivity contribution in [3.8, 4) is 5.75 Å².